The number of thiazole rings is 1. The first kappa shape index (κ1) is 23.1. The van der Waals surface area contributed by atoms with Gasteiger partial charge in [-0.05, 0) is 31.3 Å². The molecule has 1 aliphatic rings. The van der Waals surface area contributed by atoms with Crippen LogP contribution < -0.4 is 10.6 Å². The third-order valence-electron chi connectivity index (χ3n) is 5.45. The van der Waals surface area contributed by atoms with Crippen LogP contribution in [0.15, 0.2) is 60.0 Å². The molecule has 3 aromatic rings. The van der Waals surface area contributed by atoms with Crippen LogP contribution in [0.25, 0.3) is 0 Å². The molecule has 0 radical (unpaired) electrons. The number of aromatic nitrogens is 1. The molecule has 1 aliphatic heterocycles. The minimum atomic E-state index is -0.925. The zero-order valence-electron chi connectivity index (χ0n) is 18.6. The van der Waals surface area contributed by atoms with Gasteiger partial charge in [-0.1, -0.05) is 48.5 Å². The normalized spacial score (nSPS) is 14.9. The van der Waals surface area contributed by atoms with Crippen molar-refractivity contribution in [2.75, 3.05) is 32.5 Å². The van der Waals surface area contributed by atoms with E-state index in [1.54, 1.807) is 16.3 Å². The second-order valence-corrected chi connectivity index (χ2v) is 8.99. The largest absolute Gasteiger partial charge is 0.373 e. The zero-order valence-corrected chi connectivity index (χ0v) is 19.4. The molecule has 1 unspecified atom stereocenters. The Morgan fingerprint density at radius 1 is 1.18 bits per heavy atom. The summed E-state index contributed by atoms with van der Waals surface area (Å²) in [4.78, 5) is 34.5. The van der Waals surface area contributed by atoms with Crippen molar-refractivity contribution in [2.24, 2.45) is 0 Å². The minimum absolute atomic E-state index is 0.171. The van der Waals surface area contributed by atoms with Crippen LogP contribution >= 0.6 is 11.3 Å². The van der Waals surface area contributed by atoms with E-state index in [1.165, 1.54) is 11.3 Å². The van der Waals surface area contributed by atoms with Crippen LogP contribution in [-0.2, 0) is 11.3 Å². The van der Waals surface area contributed by atoms with E-state index in [9.17, 15) is 14.7 Å². The Hall–Kier alpha value is -3.11. The highest BCUT2D eigenvalue weighted by Gasteiger charge is 2.37. The molecule has 172 valence electrons. The number of benzene rings is 2. The third-order valence-corrected chi connectivity index (χ3v) is 6.23. The maximum Gasteiger partial charge on any atom is 0.255 e. The molecular formula is C24H27N5O3S. The van der Waals surface area contributed by atoms with Gasteiger partial charge in [0, 0.05) is 30.6 Å². The van der Waals surface area contributed by atoms with Crippen molar-refractivity contribution >= 4 is 28.3 Å². The highest BCUT2D eigenvalue weighted by Crippen LogP contribution is 2.32. The first-order valence-corrected chi connectivity index (χ1v) is 11.6. The molecule has 2 heterocycles. The topological polar surface area (TPSA) is 97.8 Å². The van der Waals surface area contributed by atoms with Gasteiger partial charge in [0.25, 0.3) is 11.8 Å². The lowest BCUT2D eigenvalue weighted by Gasteiger charge is -2.27. The lowest BCUT2D eigenvalue weighted by Crippen LogP contribution is -2.37. The number of aliphatic hydroxyl groups excluding tert-OH is 1. The highest BCUT2D eigenvalue weighted by atomic mass is 32.1. The van der Waals surface area contributed by atoms with Crippen molar-refractivity contribution in [1.82, 2.24) is 20.1 Å². The first-order chi connectivity index (χ1) is 15.9. The Bertz CT molecular complexity index is 1120. The minimum Gasteiger partial charge on any atom is -0.373 e. The molecule has 9 heteroatoms. The Morgan fingerprint density at radius 3 is 2.64 bits per heavy atom. The summed E-state index contributed by atoms with van der Waals surface area (Å²) in [5.41, 5.74) is 2.68. The van der Waals surface area contributed by atoms with Crippen LogP contribution in [0.3, 0.4) is 0 Å². The van der Waals surface area contributed by atoms with Gasteiger partial charge in [-0.3, -0.25) is 20.2 Å². The zero-order chi connectivity index (χ0) is 23.4. The van der Waals surface area contributed by atoms with Crippen LogP contribution in [-0.4, -0.2) is 58.9 Å². The van der Waals surface area contributed by atoms with Gasteiger partial charge in [0.1, 0.15) is 12.3 Å². The monoisotopic (exact) mass is 465 g/mol. The molecule has 0 saturated heterocycles. The number of carbonyl (C=O) groups is 2. The fourth-order valence-electron chi connectivity index (χ4n) is 3.77. The van der Waals surface area contributed by atoms with Gasteiger partial charge in [-0.2, -0.15) is 0 Å². The molecule has 0 spiro atoms. The number of carbonyl (C=O) groups excluding carboxylic acids is 2. The van der Waals surface area contributed by atoms with Crippen LogP contribution in [0.2, 0.25) is 0 Å². The lowest BCUT2D eigenvalue weighted by molar-refractivity contribution is -0.120. The summed E-state index contributed by atoms with van der Waals surface area (Å²) in [6.45, 7) is 1.73. The number of amides is 2. The number of hydrogen-bond acceptors (Lipinski definition) is 7. The Kier molecular flexibility index (Phi) is 7.14. The van der Waals surface area contributed by atoms with Gasteiger partial charge in [-0.15, -0.1) is 11.3 Å². The second kappa shape index (κ2) is 10.2. The number of aliphatic hydroxyl groups is 1. The Morgan fingerprint density at radius 2 is 1.91 bits per heavy atom. The number of nitrogens with zero attached hydrogens (tertiary/aromatic N) is 3. The first-order valence-electron chi connectivity index (χ1n) is 10.7. The molecule has 0 bridgehead atoms. The van der Waals surface area contributed by atoms with Gasteiger partial charge in [0.05, 0.1) is 5.69 Å². The van der Waals surface area contributed by atoms with E-state index >= 15 is 0 Å². The molecule has 1 aromatic heterocycles. The van der Waals surface area contributed by atoms with Gasteiger partial charge in [-0.25, -0.2) is 4.98 Å². The van der Waals surface area contributed by atoms with Crippen LogP contribution in [0.1, 0.15) is 39.4 Å². The molecule has 3 N–H and O–H groups in total. The van der Waals surface area contributed by atoms with Crippen molar-refractivity contribution in [3.8, 4) is 0 Å². The van der Waals surface area contributed by atoms with E-state index < -0.39 is 12.3 Å². The summed E-state index contributed by atoms with van der Waals surface area (Å²) in [6.07, 6.45) is -0.925. The summed E-state index contributed by atoms with van der Waals surface area (Å²) in [7, 11) is 3.91. The van der Waals surface area contributed by atoms with Crippen LogP contribution in [0, 0.1) is 0 Å². The predicted octanol–water partition coefficient (Wildman–Crippen LogP) is 2.62. The summed E-state index contributed by atoms with van der Waals surface area (Å²) < 4.78 is 0. The standard InChI is InChI=1S/C24H27N5O3S/c1-28(2)13-12-25-21(30)19-15-33-24(26-19)27-22(31)20(16-8-4-3-5-9-16)29-14-17-10-6-7-11-18(17)23(29)32/h3-11,15,20-21,25,30H,12-14H2,1-2H3,(H,26,27,31)/t20-,21?/m1/s1. The van der Waals surface area contributed by atoms with Crippen molar-refractivity contribution < 1.29 is 14.7 Å². The van der Waals surface area contributed by atoms with Crippen molar-refractivity contribution in [3.05, 3.63) is 82.4 Å². The van der Waals surface area contributed by atoms with E-state index in [-0.39, 0.29) is 11.8 Å². The molecule has 0 saturated carbocycles. The second-order valence-electron chi connectivity index (χ2n) is 8.13. The maximum absolute atomic E-state index is 13.4. The molecule has 2 amide bonds. The fraction of sp³-hybridized carbons (Fsp3) is 0.292. The van der Waals surface area contributed by atoms with Crippen LogP contribution in [0.4, 0.5) is 5.13 Å². The van der Waals surface area contributed by atoms with Crippen molar-refractivity contribution in [2.45, 2.75) is 18.8 Å². The average Bonchev–Trinajstić information content (AvgIpc) is 3.40. The number of likely N-dealkylation sites (N-methyl/N-ethyl adjacent to an activating group) is 1. The quantitative estimate of drug-likeness (QED) is 0.421. The fourth-order valence-corrected chi connectivity index (χ4v) is 4.50. The summed E-state index contributed by atoms with van der Waals surface area (Å²) in [5.74, 6) is -0.520. The number of anilines is 1. The average molecular weight is 466 g/mol. The molecule has 8 nitrogen and oxygen atoms in total. The lowest BCUT2D eigenvalue weighted by atomic mass is 10.0. The van der Waals surface area contributed by atoms with Gasteiger partial charge >= 0.3 is 0 Å². The SMILES string of the molecule is CN(C)CCNC(O)c1csc(NC(=O)[C@@H](c2ccccc2)N2Cc3ccccc3C2=O)n1. The molecule has 2 atom stereocenters. The van der Waals surface area contributed by atoms with E-state index in [0.717, 1.165) is 17.7 Å². The van der Waals surface area contributed by atoms with E-state index in [1.807, 2.05) is 67.5 Å². The molecule has 2 aromatic carbocycles. The van der Waals surface area contributed by atoms with Crippen LogP contribution in [0.5, 0.6) is 0 Å². The van der Waals surface area contributed by atoms with Crippen molar-refractivity contribution in [3.63, 3.8) is 0 Å². The van der Waals surface area contributed by atoms with Crippen molar-refractivity contribution in [1.29, 1.82) is 0 Å². The van der Waals surface area contributed by atoms with E-state index in [4.69, 9.17) is 0 Å². The summed E-state index contributed by atoms with van der Waals surface area (Å²) >= 11 is 1.23. The van der Waals surface area contributed by atoms with Gasteiger partial charge in [0.2, 0.25) is 0 Å². The summed E-state index contributed by atoms with van der Waals surface area (Å²) in [6, 6.07) is 15.9. The Labute approximate surface area is 196 Å². The Balaban J connectivity index is 1.51. The number of fused-ring (bicyclic) bond motifs is 1. The number of hydrogen-bond donors (Lipinski definition) is 3. The number of nitrogens with one attached hydrogen (secondary N) is 2. The maximum atomic E-state index is 13.4. The number of rotatable bonds is 9. The highest BCUT2D eigenvalue weighted by molar-refractivity contribution is 7.13. The van der Waals surface area contributed by atoms with Gasteiger partial charge < -0.3 is 14.9 Å². The molecule has 0 fully saturated rings. The third kappa shape index (κ3) is 5.28. The smallest absolute Gasteiger partial charge is 0.255 e. The molecule has 4 rings (SSSR count). The summed E-state index contributed by atoms with van der Waals surface area (Å²) in [5, 5.41) is 18.2. The van der Waals surface area contributed by atoms with E-state index in [0.29, 0.717) is 29.5 Å². The molecular weight excluding hydrogens is 438 g/mol. The predicted molar refractivity (Wildman–Crippen MR) is 128 cm³/mol. The van der Waals surface area contributed by atoms with Gasteiger partial charge in [0.15, 0.2) is 5.13 Å². The van der Waals surface area contributed by atoms with E-state index in [2.05, 4.69) is 15.6 Å². The molecule has 33 heavy (non-hydrogen) atoms. The molecule has 0 aliphatic carbocycles.